The minimum absolute atomic E-state index is 0.968. The Labute approximate surface area is 68.3 Å². The molecule has 0 radical (unpaired) electrons. The van der Waals surface area contributed by atoms with Crippen molar-refractivity contribution >= 4 is 21.6 Å². The summed E-state index contributed by atoms with van der Waals surface area (Å²) in [6, 6.07) is 1.95. The molecular weight excluding hydrogens is 164 g/mol. The Morgan fingerprint density at radius 3 is 3.20 bits per heavy atom. The van der Waals surface area contributed by atoms with Crippen LogP contribution in [0.5, 0.6) is 0 Å². The first-order valence-electron chi connectivity index (χ1n) is 2.86. The van der Waals surface area contributed by atoms with E-state index in [-0.39, 0.29) is 0 Å². The van der Waals surface area contributed by atoms with E-state index in [4.69, 9.17) is 4.42 Å². The maximum absolute atomic E-state index is 4.89. The summed E-state index contributed by atoms with van der Waals surface area (Å²) in [7, 11) is 3.45. The fourth-order valence-corrected chi connectivity index (χ4v) is 2.14. The van der Waals surface area contributed by atoms with Crippen LogP contribution in [0, 0.1) is 0 Å². The highest BCUT2D eigenvalue weighted by molar-refractivity contribution is 8.76. The van der Waals surface area contributed by atoms with E-state index >= 15 is 0 Å². The molecule has 10 heavy (non-hydrogen) atoms. The van der Waals surface area contributed by atoms with Gasteiger partial charge >= 0.3 is 0 Å². The number of furan rings is 1. The maximum atomic E-state index is 4.89. The van der Waals surface area contributed by atoms with Crippen molar-refractivity contribution in [3.8, 4) is 0 Å². The predicted octanol–water partition coefficient (Wildman–Crippen LogP) is 3.21. The lowest BCUT2D eigenvalue weighted by atomic mass is 10.7. The molecule has 0 saturated carbocycles. The van der Waals surface area contributed by atoms with Crippen LogP contribution in [-0.2, 0) is 0 Å². The molecule has 0 N–H and O–H groups in total. The Morgan fingerprint density at radius 2 is 2.60 bits per heavy atom. The average molecular weight is 172 g/mol. The van der Waals surface area contributed by atoms with Gasteiger partial charge in [-0.05, 0) is 6.07 Å². The van der Waals surface area contributed by atoms with E-state index in [1.807, 2.05) is 12.1 Å². The molecule has 0 aliphatic heterocycles. The molecule has 3 heteroatoms. The van der Waals surface area contributed by atoms with E-state index in [1.54, 1.807) is 34.1 Å². The summed E-state index contributed by atoms with van der Waals surface area (Å²) < 4.78 is 4.89. The molecule has 0 unspecified atom stereocenters. The second-order valence-corrected chi connectivity index (χ2v) is 4.03. The van der Waals surface area contributed by atoms with Gasteiger partial charge in [-0.25, -0.2) is 0 Å². The van der Waals surface area contributed by atoms with Crippen LogP contribution in [0.1, 0.15) is 0 Å². The van der Waals surface area contributed by atoms with Gasteiger partial charge in [-0.3, -0.25) is 0 Å². The number of rotatable bonds is 4. The van der Waals surface area contributed by atoms with Gasteiger partial charge in [-0.15, -0.1) is 6.58 Å². The largest absolute Gasteiger partial charge is 0.471 e. The fraction of sp³-hybridized carbons (Fsp3) is 0.143. The molecule has 0 saturated heterocycles. The Morgan fingerprint density at radius 1 is 1.70 bits per heavy atom. The lowest BCUT2D eigenvalue weighted by molar-refractivity contribution is 0.562. The summed E-state index contributed by atoms with van der Waals surface area (Å²) in [5.74, 6) is 0.968. The van der Waals surface area contributed by atoms with Crippen molar-refractivity contribution in [2.24, 2.45) is 0 Å². The van der Waals surface area contributed by atoms with Crippen molar-refractivity contribution in [3.63, 3.8) is 0 Å². The smallest absolute Gasteiger partial charge is 0.105 e. The van der Waals surface area contributed by atoms with E-state index in [0.29, 0.717) is 0 Å². The molecule has 0 fully saturated rings. The van der Waals surface area contributed by atoms with Gasteiger partial charge in [0.15, 0.2) is 0 Å². The maximum Gasteiger partial charge on any atom is 0.105 e. The second-order valence-electron chi connectivity index (χ2n) is 1.62. The molecule has 1 aromatic heterocycles. The minimum Gasteiger partial charge on any atom is -0.471 e. The van der Waals surface area contributed by atoms with Gasteiger partial charge in [0.2, 0.25) is 0 Å². The summed E-state index contributed by atoms with van der Waals surface area (Å²) in [5.41, 5.74) is 0. The third kappa shape index (κ3) is 2.54. The van der Waals surface area contributed by atoms with Crippen LogP contribution in [0.4, 0.5) is 0 Å². The lowest BCUT2D eigenvalue weighted by Gasteiger charge is -1.90. The number of hydrogen-bond acceptors (Lipinski definition) is 3. The Bertz CT molecular complexity index is 181. The molecule has 0 amide bonds. The first-order valence-corrected chi connectivity index (χ1v) is 5.18. The molecule has 0 atom stereocenters. The third-order valence-corrected chi connectivity index (χ3v) is 3.09. The van der Waals surface area contributed by atoms with E-state index in [2.05, 4.69) is 6.58 Å². The molecule has 1 nitrogen and oxygen atoms in total. The fourth-order valence-electron chi connectivity index (χ4n) is 0.450. The van der Waals surface area contributed by atoms with Crippen molar-refractivity contribution in [2.75, 3.05) is 5.75 Å². The van der Waals surface area contributed by atoms with Crippen molar-refractivity contribution in [2.45, 2.75) is 4.90 Å². The standard InChI is InChI=1S/C7H8OS2/c1-2-5-9-10-7-3-4-8-6-7/h2-4,6H,1,5H2. The van der Waals surface area contributed by atoms with Crippen LogP contribution in [0.2, 0.25) is 0 Å². The van der Waals surface area contributed by atoms with Crippen molar-refractivity contribution < 1.29 is 4.42 Å². The number of hydrogen-bond donors (Lipinski definition) is 0. The van der Waals surface area contributed by atoms with E-state index in [1.165, 1.54) is 0 Å². The van der Waals surface area contributed by atoms with E-state index < -0.39 is 0 Å². The zero-order valence-corrected chi connectivity index (χ0v) is 7.08. The van der Waals surface area contributed by atoms with Gasteiger partial charge in [-0.1, -0.05) is 27.7 Å². The van der Waals surface area contributed by atoms with Crippen LogP contribution in [0.15, 0.2) is 40.6 Å². The van der Waals surface area contributed by atoms with Crippen LogP contribution in [0.3, 0.4) is 0 Å². The summed E-state index contributed by atoms with van der Waals surface area (Å²) >= 11 is 0. The van der Waals surface area contributed by atoms with Gasteiger partial charge in [-0.2, -0.15) is 0 Å². The molecule has 1 heterocycles. The minimum atomic E-state index is 0.968. The SMILES string of the molecule is C=CCSSc1ccoc1. The Balaban J connectivity index is 2.21. The summed E-state index contributed by atoms with van der Waals surface area (Å²) in [6.45, 7) is 3.62. The Kier molecular flexibility index (Phi) is 3.54. The highest BCUT2D eigenvalue weighted by Crippen LogP contribution is 2.30. The molecule has 0 aliphatic carbocycles. The van der Waals surface area contributed by atoms with Crippen LogP contribution in [0.25, 0.3) is 0 Å². The van der Waals surface area contributed by atoms with Crippen LogP contribution < -0.4 is 0 Å². The monoisotopic (exact) mass is 172 g/mol. The molecule has 54 valence electrons. The molecule has 1 aromatic rings. The third-order valence-electron chi connectivity index (χ3n) is 0.836. The van der Waals surface area contributed by atoms with Gasteiger partial charge in [0.25, 0.3) is 0 Å². The highest BCUT2D eigenvalue weighted by atomic mass is 33.1. The predicted molar refractivity (Wildman–Crippen MR) is 47.2 cm³/mol. The molecular formula is C7H8OS2. The first kappa shape index (κ1) is 7.82. The lowest BCUT2D eigenvalue weighted by Crippen LogP contribution is -1.60. The molecule has 0 aromatic carbocycles. The zero-order valence-electron chi connectivity index (χ0n) is 5.45. The molecule has 0 bridgehead atoms. The second kappa shape index (κ2) is 4.52. The van der Waals surface area contributed by atoms with Gasteiger partial charge < -0.3 is 4.42 Å². The quantitative estimate of drug-likeness (QED) is 0.393. The average Bonchev–Trinajstić information content (AvgIpc) is 2.41. The normalized spacial score (nSPS) is 9.60. The molecule has 0 spiro atoms. The zero-order chi connectivity index (χ0) is 7.23. The van der Waals surface area contributed by atoms with Gasteiger partial charge in [0, 0.05) is 5.75 Å². The first-order chi connectivity index (χ1) is 4.93. The van der Waals surface area contributed by atoms with Gasteiger partial charge in [0.1, 0.15) is 6.26 Å². The van der Waals surface area contributed by atoms with E-state index in [0.717, 1.165) is 10.6 Å². The topological polar surface area (TPSA) is 13.1 Å². The van der Waals surface area contributed by atoms with Crippen molar-refractivity contribution in [1.29, 1.82) is 0 Å². The highest BCUT2D eigenvalue weighted by Gasteiger charge is 1.92. The van der Waals surface area contributed by atoms with Crippen LogP contribution in [-0.4, -0.2) is 5.75 Å². The molecule has 0 aliphatic rings. The summed E-state index contributed by atoms with van der Waals surface area (Å²) in [4.78, 5) is 1.16. The van der Waals surface area contributed by atoms with E-state index in [9.17, 15) is 0 Å². The van der Waals surface area contributed by atoms with Crippen molar-refractivity contribution in [1.82, 2.24) is 0 Å². The van der Waals surface area contributed by atoms with Gasteiger partial charge in [0.05, 0.1) is 11.2 Å². The molecule has 1 rings (SSSR count). The Hall–Kier alpha value is -0.280. The summed E-state index contributed by atoms with van der Waals surface area (Å²) in [5, 5.41) is 0. The van der Waals surface area contributed by atoms with Crippen molar-refractivity contribution in [3.05, 3.63) is 31.2 Å². The van der Waals surface area contributed by atoms with Crippen LogP contribution >= 0.6 is 21.6 Å². The summed E-state index contributed by atoms with van der Waals surface area (Å²) in [6.07, 6.45) is 5.30.